The molecule has 1 aliphatic heterocycles. The summed E-state index contributed by atoms with van der Waals surface area (Å²) < 4.78 is 11.2. The van der Waals surface area contributed by atoms with Crippen molar-refractivity contribution >= 4 is 24.0 Å². The number of aromatic nitrogens is 2. The number of fused-ring (bicyclic) bond motifs is 1. The van der Waals surface area contributed by atoms with Gasteiger partial charge in [-0.2, -0.15) is 0 Å². The van der Waals surface area contributed by atoms with Crippen molar-refractivity contribution in [3.05, 3.63) is 71.0 Å². The Kier molecular flexibility index (Phi) is 7.27. The van der Waals surface area contributed by atoms with E-state index in [-0.39, 0.29) is 17.8 Å². The zero-order chi connectivity index (χ0) is 24.8. The molecular formula is C27H26N4O4. The second kappa shape index (κ2) is 10.7. The van der Waals surface area contributed by atoms with E-state index in [0.29, 0.717) is 35.8 Å². The first-order valence-corrected chi connectivity index (χ1v) is 11.3. The van der Waals surface area contributed by atoms with E-state index in [2.05, 4.69) is 27.1 Å². The molecule has 1 aliphatic rings. The van der Waals surface area contributed by atoms with E-state index in [1.807, 2.05) is 44.2 Å². The van der Waals surface area contributed by atoms with Gasteiger partial charge in [0, 0.05) is 24.4 Å². The van der Waals surface area contributed by atoms with Gasteiger partial charge < -0.3 is 9.47 Å². The zero-order valence-electron chi connectivity index (χ0n) is 19.9. The summed E-state index contributed by atoms with van der Waals surface area (Å²) in [6.45, 7) is 4.32. The number of carbonyl (C=O) groups excluding carboxylic acids is 2. The first kappa shape index (κ1) is 23.8. The number of anilines is 2. The number of carbonyl (C=O) groups is 2. The van der Waals surface area contributed by atoms with Gasteiger partial charge in [0.1, 0.15) is 28.8 Å². The average Bonchev–Trinajstić information content (AvgIpc) is 2.87. The predicted molar refractivity (Wildman–Crippen MR) is 133 cm³/mol. The Morgan fingerprint density at radius 3 is 2.83 bits per heavy atom. The van der Waals surface area contributed by atoms with E-state index >= 15 is 0 Å². The number of benzene rings is 1. The summed E-state index contributed by atoms with van der Waals surface area (Å²) in [5.41, 5.74) is 2.61. The zero-order valence-corrected chi connectivity index (χ0v) is 19.9. The van der Waals surface area contributed by atoms with Crippen LogP contribution in [0.1, 0.15) is 47.4 Å². The standard InChI is InChI=1S/C27H26N4O4/c1-18(2)35-24-15-25(28-16-21(24)10-9-19-6-4-8-23(14-19)34-3)30-27(33)31-13-5-7-20-11-12-22(17-32)29-26(20)31/h4,6,8,11-12,14-18H,5,7,13H2,1-3H3,(H,28,30,33). The number of aldehydes is 1. The minimum Gasteiger partial charge on any atom is -0.497 e. The van der Waals surface area contributed by atoms with Gasteiger partial charge in [0.25, 0.3) is 0 Å². The maximum Gasteiger partial charge on any atom is 0.328 e. The number of methoxy groups -OCH3 is 1. The van der Waals surface area contributed by atoms with Crippen LogP contribution in [0.4, 0.5) is 16.4 Å². The highest BCUT2D eigenvalue weighted by molar-refractivity contribution is 6.01. The van der Waals surface area contributed by atoms with Gasteiger partial charge in [-0.25, -0.2) is 14.8 Å². The molecule has 0 unspecified atom stereocenters. The third kappa shape index (κ3) is 5.76. The molecule has 0 saturated heterocycles. The molecule has 0 saturated carbocycles. The molecule has 0 aliphatic carbocycles. The quantitative estimate of drug-likeness (QED) is 0.437. The molecule has 0 spiro atoms. The minimum atomic E-state index is -0.375. The van der Waals surface area contributed by atoms with Gasteiger partial charge in [-0.1, -0.05) is 24.0 Å². The fourth-order valence-corrected chi connectivity index (χ4v) is 3.69. The molecule has 0 atom stereocenters. The highest BCUT2D eigenvalue weighted by Gasteiger charge is 2.25. The van der Waals surface area contributed by atoms with E-state index < -0.39 is 0 Å². The number of hydrogen-bond donors (Lipinski definition) is 1. The molecule has 2 aromatic heterocycles. The lowest BCUT2D eigenvalue weighted by molar-refractivity contribution is 0.111. The third-order valence-electron chi connectivity index (χ3n) is 5.30. The highest BCUT2D eigenvalue weighted by Crippen LogP contribution is 2.27. The van der Waals surface area contributed by atoms with Crippen LogP contribution < -0.4 is 19.7 Å². The molecule has 0 radical (unpaired) electrons. The topological polar surface area (TPSA) is 93.7 Å². The average molecular weight is 471 g/mol. The van der Waals surface area contributed by atoms with Gasteiger partial charge in [0.2, 0.25) is 0 Å². The molecule has 4 rings (SSSR count). The molecule has 8 heteroatoms. The largest absolute Gasteiger partial charge is 0.497 e. The van der Waals surface area contributed by atoms with E-state index in [9.17, 15) is 9.59 Å². The number of ether oxygens (including phenoxy) is 2. The highest BCUT2D eigenvalue weighted by atomic mass is 16.5. The number of aryl methyl sites for hydroxylation is 1. The van der Waals surface area contributed by atoms with Gasteiger partial charge in [-0.15, -0.1) is 0 Å². The van der Waals surface area contributed by atoms with E-state index in [4.69, 9.17) is 9.47 Å². The molecule has 3 aromatic rings. The van der Waals surface area contributed by atoms with Crippen molar-refractivity contribution < 1.29 is 19.1 Å². The monoisotopic (exact) mass is 470 g/mol. The van der Waals surface area contributed by atoms with Gasteiger partial charge in [-0.3, -0.25) is 15.0 Å². The van der Waals surface area contributed by atoms with Gasteiger partial charge in [-0.05, 0) is 56.5 Å². The van der Waals surface area contributed by atoms with E-state index in [0.717, 1.165) is 29.7 Å². The number of hydrogen-bond acceptors (Lipinski definition) is 6. The number of nitrogens with zero attached hydrogens (tertiary/aromatic N) is 3. The molecule has 0 bridgehead atoms. The maximum absolute atomic E-state index is 13.1. The van der Waals surface area contributed by atoms with Crippen molar-refractivity contribution in [1.29, 1.82) is 0 Å². The van der Waals surface area contributed by atoms with Gasteiger partial charge in [0.15, 0.2) is 6.29 Å². The van der Waals surface area contributed by atoms with Crippen molar-refractivity contribution in [2.75, 3.05) is 23.9 Å². The number of urea groups is 1. The first-order valence-electron chi connectivity index (χ1n) is 11.3. The SMILES string of the molecule is COc1cccc(C#Cc2cnc(NC(=O)N3CCCc4ccc(C=O)nc43)cc2OC(C)C)c1. The molecule has 1 aromatic carbocycles. The molecule has 178 valence electrons. The third-order valence-corrected chi connectivity index (χ3v) is 5.30. The molecule has 3 heterocycles. The molecular weight excluding hydrogens is 444 g/mol. The molecule has 0 fully saturated rings. The smallest absolute Gasteiger partial charge is 0.328 e. The Hall–Kier alpha value is -4.38. The van der Waals surface area contributed by atoms with Crippen LogP contribution >= 0.6 is 0 Å². The van der Waals surface area contributed by atoms with Crippen LogP contribution in [0.5, 0.6) is 11.5 Å². The molecule has 2 amide bonds. The second-order valence-electron chi connectivity index (χ2n) is 8.24. The predicted octanol–water partition coefficient (Wildman–Crippen LogP) is 4.47. The Balaban J connectivity index is 1.58. The lowest BCUT2D eigenvalue weighted by Crippen LogP contribution is -2.39. The Bertz CT molecular complexity index is 1310. The summed E-state index contributed by atoms with van der Waals surface area (Å²) >= 11 is 0. The van der Waals surface area contributed by atoms with Gasteiger partial charge in [0.05, 0.1) is 18.8 Å². The summed E-state index contributed by atoms with van der Waals surface area (Å²) in [5.74, 6) is 8.26. The maximum atomic E-state index is 13.1. The summed E-state index contributed by atoms with van der Waals surface area (Å²) in [4.78, 5) is 34.5. The summed E-state index contributed by atoms with van der Waals surface area (Å²) in [5, 5.41) is 2.82. The summed E-state index contributed by atoms with van der Waals surface area (Å²) in [6.07, 6.45) is 3.76. The Labute approximate surface area is 204 Å². The fraction of sp³-hybridized carbons (Fsp3) is 0.259. The van der Waals surface area contributed by atoms with Crippen LogP contribution in [0.2, 0.25) is 0 Å². The second-order valence-corrected chi connectivity index (χ2v) is 8.24. The fourth-order valence-electron chi connectivity index (χ4n) is 3.69. The van der Waals surface area contributed by atoms with Crippen molar-refractivity contribution in [3.8, 4) is 23.3 Å². The first-order chi connectivity index (χ1) is 17.0. The van der Waals surface area contributed by atoms with Crippen molar-refractivity contribution in [2.45, 2.75) is 32.8 Å². The molecule has 1 N–H and O–H groups in total. The number of nitrogens with one attached hydrogen (secondary N) is 1. The normalized spacial score (nSPS) is 12.3. The van der Waals surface area contributed by atoms with Crippen LogP contribution in [-0.2, 0) is 6.42 Å². The summed E-state index contributed by atoms with van der Waals surface area (Å²) in [7, 11) is 1.61. The Morgan fingerprint density at radius 2 is 2.06 bits per heavy atom. The number of pyridine rings is 2. The van der Waals surface area contributed by atoms with Crippen LogP contribution in [-0.4, -0.2) is 42.0 Å². The molecule has 35 heavy (non-hydrogen) atoms. The Morgan fingerprint density at radius 1 is 1.20 bits per heavy atom. The summed E-state index contributed by atoms with van der Waals surface area (Å²) in [6, 6.07) is 12.3. The number of rotatable bonds is 5. The van der Waals surface area contributed by atoms with E-state index in [1.165, 1.54) is 4.90 Å². The van der Waals surface area contributed by atoms with E-state index in [1.54, 1.807) is 25.4 Å². The van der Waals surface area contributed by atoms with Crippen LogP contribution in [0, 0.1) is 11.8 Å². The van der Waals surface area contributed by atoms with Crippen molar-refractivity contribution in [2.24, 2.45) is 0 Å². The van der Waals surface area contributed by atoms with Crippen molar-refractivity contribution in [1.82, 2.24) is 9.97 Å². The number of amides is 2. The van der Waals surface area contributed by atoms with Crippen LogP contribution in [0.25, 0.3) is 0 Å². The lowest BCUT2D eigenvalue weighted by atomic mass is 10.1. The minimum absolute atomic E-state index is 0.0988. The lowest BCUT2D eigenvalue weighted by Gasteiger charge is -2.28. The molecule has 8 nitrogen and oxygen atoms in total. The van der Waals surface area contributed by atoms with Crippen LogP contribution in [0.3, 0.4) is 0 Å². The van der Waals surface area contributed by atoms with Gasteiger partial charge >= 0.3 is 6.03 Å². The van der Waals surface area contributed by atoms with Crippen molar-refractivity contribution in [3.63, 3.8) is 0 Å². The van der Waals surface area contributed by atoms with Crippen LogP contribution in [0.15, 0.2) is 48.7 Å².